The van der Waals surface area contributed by atoms with Gasteiger partial charge in [-0.15, -0.1) is 0 Å². The van der Waals surface area contributed by atoms with Crippen LogP contribution in [-0.4, -0.2) is 9.55 Å². The lowest BCUT2D eigenvalue weighted by Crippen LogP contribution is -2.31. The van der Waals surface area contributed by atoms with Crippen molar-refractivity contribution < 1.29 is 0 Å². The van der Waals surface area contributed by atoms with E-state index in [4.69, 9.17) is 0 Å². The van der Waals surface area contributed by atoms with E-state index in [-0.39, 0.29) is 5.56 Å². The van der Waals surface area contributed by atoms with Crippen LogP contribution in [0.2, 0.25) is 0 Å². The van der Waals surface area contributed by atoms with Crippen molar-refractivity contribution in [3.05, 3.63) is 62.2 Å². The zero-order valence-corrected chi connectivity index (χ0v) is 14.4. The molecule has 0 saturated carbocycles. The van der Waals surface area contributed by atoms with Crippen molar-refractivity contribution >= 4 is 43.2 Å². The SMILES string of the molecule is CCCn1c(=Nc2ccc(Br)cc2)sc2ncccc2c1=O. The summed E-state index contributed by atoms with van der Waals surface area (Å²) in [4.78, 5) is 23.0. The van der Waals surface area contributed by atoms with Crippen molar-refractivity contribution in [2.24, 2.45) is 4.99 Å². The molecule has 0 fully saturated rings. The average molecular weight is 376 g/mol. The molecule has 0 N–H and O–H groups in total. The molecule has 112 valence electrons. The Hall–Kier alpha value is -1.79. The fraction of sp³-hybridized carbons (Fsp3) is 0.188. The monoisotopic (exact) mass is 375 g/mol. The number of fused-ring (bicyclic) bond motifs is 1. The molecular weight excluding hydrogens is 362 g/mol. The number of halogens is 1. The molecule has 0 spiro atoms. The number of benzene rings is 1. The summed E-state index contributed by atoms with van der Waals surface area (Å²) in [6.45, 7) is 2.70. The first-order valence-corrected chi connectivity index (χ1v) is 8.59. The molecule has 3 rings (SSSR count). The van der Waals surface area contributed by atoms with Crippen LogP contribution in [0.5, 0.6) is 0 Å². The van der Waals surface area contributed by atoms with Gasteiger partial charge in [0.1, 0.15) is 4.83 Å². The Bertz CT molecular complexity index is 929. The topological polar surface area (TPSA) is 47.2 Å². The van der Waals surface area contributed by atoms with Crippen molar-refractivity contribution in [2.45, 2.75) is 19.9 Å². The number of hydrogen-bond acceptors (Lipinski definition) is 4. The van der Waals surface area contributed by atoms with E-state index >= 15 is 0 Å². The summed E-state index contributed by atoms with van der Waals surface area (Å²) >= 11 is 4.85. The molecule has 6 heteroatoms. The van der Waals surface area contributed by atoms with E-state index in [1.54, 1.807) is 16.8 Å². The fourth-order valence-electron chi connectivity index (χ4n) is 2.14. The number of aromatic nitrogens is 2. The minimum atomic E-state index is -0.0282. The lowest BCUT2D eigenvalue weighted by atomic mass is 10.3. The van der Waals surface area contributed by atoms with E-state index in [9.17, 15) is 4.79 Å². The molecule has 3 aromatic rings. The van der Waals surface area contributed by atoms with Gasteiger partial charge in [0.15, 0.2) is 4.80 Å². The third-order valence-corrected chi connectivity index (χ3v) is 4.71. The van der Waals surface area contributed by atoms with Gasteiger partial charge in [0.25, 0.3) is 5.56 Å². The van der Waals surface area contributed by atoms with Gasteiger partial charge in [0, 0.05) is 17.2 Å². The highest BCUT2D eigenvalue weighted by Gasteiger charge is 2.07. The number of pyridine rings is 1. The van der Waals surface area contributed by atoms with Crippen LogP contribution < -0.4 is 10.4 Å². The van der Waals surface area contributed by atoms with Gasteiger partial charge >= 0.3 is 0 Å². The Morgan fingerprint density at radius 1 is 1.27 bits per heavy atom. The first kappa shape index (κ1) is 15.1. The standard InChI is InChI=1S/C16H14BrN3OS/c1-2-10-20-15(21)13-4-3-9-18-14(13)22-16(20)19-12-7-5-11(17)6-8-12/h3-9H,2,10H2,1H3. The first-order valence-electron chi connectivity index (χ1n) is 6.98. The smallest absolute Gasteiger partial charge is 0.263 e. The quantitative estimate of drug-likeness (QED) is 0.697. The summed E-state index contributed by atoms with van der Waals surface area (Å²) in [6.07, 6.45) is 2.58. The van der Waals surface area contributed by atoms with Gasteiger partial charge in [0.05, 0.1) is 11.1 Å². The highest BCUT2D eigenvalue weighted by atomic mass is 79.9. The van der Waals surface area contributed by atoms with Gasteiger partial charge in [-0.2, -0.15) is 0 Å². The van der Waals surface area contributed by atoms with E-state index in [1.807, 2.05) is 37.3 Å². The van der Waals surface area contributed by atoms with E-state index in [0.29, 0.717) is 16.7 Å². The molecular formula is C16H14BrN3OS. The molecule has 0 radical (unpaired) electrons. The third-order valence-electron chi connectivity index (χ3n) is 3.16. The van der Waals surface area contributed by atoms with Crippen LogP contribution in [0.4, 0.5) is 5.69 Å². The van der Waals surface area contributed by atoms with Gasteiger partial charge < -0.3 is 0 Å². The van der Waals surface area contributed by atoms with Crippen molar-refractivity contribution in [2.75, 3.05) is 0 Å². The Morgan fingerprint density at radius 2 is 2.05 bits per heavy atom. The van der Waals surface area contributed by atoms with Crippen LogP contribution in [0.15, 0.2) is 56.9 Å². The minimum absolute atomic E-state index is 0.0282. The third kappa shape index (κ3) is 3.03. The minimum Gasteiger partial charge on any atom is -0.284 e. The van der Waals surface area contributed by atoms with Crippen LogP contribution in [0.25, 0.3) is 10.2 Å². The normalized spacial score (nSPS) is 12.0. The fourth-order valence-corrected chi connectivity index (χ4v) is 3.39. The highest BCUT2D eigenvalue weighted by molar-refractivity contribution is 9.10. The Balaban J connectivity index is 2.29. The summed E-state index contributed by atoms with van der Waals surface area (Å²) in [5.41, 5.74) is 0.790. The molecule has 0 atom stereocenters. The van der Waals surface area contributed by atoms with E-state index in [2.05, 4.69) is 25.9 Å². The van der Waals surface area contributed by atoms with Crippen LogP contribution in [0.3, 0.4) is 0 Å². The largest absolute Gasteiger partial charge is 0.284 e. The molecule has 0 bridgehead atoms. The maximum Gasteiger partial charge on any atom is 0.263 e. The summed E-state index contributed by atoms with van der Waals surface area (Å²) in [5, 5.41) is 0.649. The van der Waals surface area contributed by atoms with Crippen molar-refractivity contribution in [1.29, 1.82) is 0 Å². The zero-order chi connectivity index (χ0) is 15.5. The average Bonchev–Trinajstić information content (AvgIpc) is 2.53. The number of nitrogens with zero attached hydrogens (tertiary/aromatic N) is 3. The predicted molar refractivity (Wildman–Crippen MR) is 93.5 cm³/mol. The van der Waals surface area contributed by atoms with Crippen LogP contribution >= 0.6 is 27.3 Å². The van der Waals surface area contributed by atoms with Crippen LogP contribution in [0.1, 0.15) is 13.3 Å². The molecule has 0 aliphatic carbocycles. The van der Waals surface area contributed by atoms with Gasteiger partial charge in [0.2, 0.25) is 0 Å². The molecule has 22 heavy (non-hydrogen) atoms. The molecule has 0 amide bonds. The van der Waals surface area contributed by atoms with Crippen molar-refractivity contribution in [3.63, 3.8) is 0 Å². The Kier molecular flexibility index (Phi) is 4.49. The summed E-state index contributed by atoms with van der Waals surface area (Å²) in [6, 6.07) is 11.3. The lowest BCUT2D eigenvalue weighted by Gasteiger charge is -2.06. The molecule has 2 aromatic heterocycles. The van der Waals surface area contributed by atoms with Gasteiger partial charge in [-0.1, -0.05) is 34.2 Å². The summed E-state index contributed by atoms with van der Waals surface area (Å²) in [5.74, 6) is 0. The predicted octanol–water partition coefficient (Wildman–Crippen LogP) is 3.86. The second-order valence-corrected chi connectivity index (χ2v) is 6.66. The van der Waals surface area contributed by atoms with Crippen LogP contribution in [-0.2, 0) is 6.54 Å². The van der Waals surface area contributed by atoms with Gasteiger partial charge in [-0.05, 0) is 42.8 Å². The van der Waals surface area contributed by atoms with E-state index in [1.165, 1.54) is 11.3 Å². The molecule has 1 aromatic carbocycles. The van der Waals surface area contributed by atoms with Gasteiger partial charge in [-0.3, -0.25) is 9.36 Å². The number of rotatable bonds is 3. The zero-order valence-electron chi connectivity index (χ0n) is 12.0. The summed E-state index contributed by atoms with van der Waals surface area (Å²) in [7, 11) is 0. The van der Waals surface area contributed by atoms with E-state index in [0.717, 1.165) is 21.4 Å². The number of hydrogen-bond donors (Lipinski definition) is 0. The maximum absolute atomic E-state index is 12.6. The molecule has 4 nitrogen and oxygen atoms in total. The molecule has 2 heterocycles. The second-order valence-electron chi connectivity index (χ2n) is 4.79. The Morgan fingerprint density at radius 3 is 2.77 bits per heavy atom. The second kappa shape index (κ2) is 6.54. The van der Waals surface area contributed by atoms with E-state index < -0.39 is 0 Å². The van der Waals surface area contributed by atoms with Crippen LogP contribution in [0, 0.1) is 0 Å². The molecule has 0 aliphatic heterocycles. The van der Waals surface area contributed by atoms with Gasteiger partial charge in [-0.25, -0.2) is 9.98 Å². The molecule has 0 unspecified atom stereocenters. The highest BCUT2D eigenvalue weighted by Crippen LogP contribution is 2.16. The maximum atomic E-state index is 12.6. The van der Waals surface area contributed by atoms with Crippen molar-refractivity contribution in [3.8, 4) is 0 Å². The Labute approximate surface area is 139 Å². The first-order chi connectivity index (χ1) is 10.7. The van der Waals surface area contributed by atoms with Crippen molar-refractivity contribution in [1.82, 2.24) is 9.55 Å². The molecule has 0 saturated heterocycles. The molecule has 0 aliphatic rings. The summed E-state index contributed by atoms with van der Waals surface area (Å²) < 4.78 is 2.73. The lowest BCUT2D eigenvalue weighted by molar-refractivity contribution is 0.640.